The fraction of sp³-hybridized carbons (Fsp3) is 0.0500. The zero-order valence-electron chi connectivity index (χ0n) is 14.0. The van der Waals surface area contributed by atoms with Crippen LogP contribution in [0.25, 0.3) is 22.9 Å². The molecule has 2 aromatic heterocycles. The van der Waals surface area contributed by atoms with Crippen LogP contribution in [0, 0.1) is 6.92 Å². The summed E-state index contributed by atoms with van der Waals surface area (Å²) < 4.78 is 5.81. The van der Waals surface area contributed by atoms with Crippen molar-refractivity contribution in [3.8, 4) is 22.9 Å². The van der Waals surface area contributed by atoms with E-state index in [0.717, 1.165) is 16.7 Å². The molecule has 0 aliphatic carbocycles. The van der Waals surface area contributed by atoms with Crippen molar-refractivity contribution in [2.75, 3.05) is 5.32 Å². The Bertz CT molecular complexity index is 1050. The summed E-state index contributed by atoms with van der Waals surface area (Å²) >= 11 is 1.40. The van der Waals surface area contributed by atoms with E-state index >= 15 is 0 Å². The number of nitrogens with one attached hydrogen (secondary N) is 1. The highest BCUT2D eigenvalue weighted by Crippen LogP contribution is 2.26. The zero-order valence-corrected chi connectivity index (χ0v) is 14.8. The molecule has 0 atom stereocenters. The second-order valence-electron chi connectivity index (χ2n) is 5.79. The van der Waals surface area contributed by atoms with Crippen LogP contribution in [-0.2, 0) is 0 Å². The lowest BCUT2D eigenvalue weighted by Gasteiger charge is -2.04. The highest BCUT2D eigenvalue weighted by atomic mass is 32.1. The van der Waals surface area contributed by atoms with Crippen LogP contribution in [-0.4, -0.2) is 16.1 Å². The number of carbonyl (C=O) groups excluding carboxylic acids is 1. The monoisotopic (exact) mass is 361 g/mol. The van der Waals surface area contributed by atoms with Gasteiger partial charge in [-0.1, -0.05) is 29.8 Å². The van der Waals surface area contributed by atoms with E-state index in [1.807, 2.05) is 66.9 Å². The van der Waals surface area contributed by atoms with Gasteiger partial charge < -0.3 is 9.73 Å². The fourth-order valence-electron chi connectivity index (χ4n) is 2.57. The van der Waals surface area contributed by atoms with E-state index in [1.165, 1.54) is 11.3 Å². The summed E-state index contributed by atoms with van der Waals surface area (Å²) in [4.78, 5) is 12.9. The van der Waals surface area contributed by atoms with E-state index in [4.69, 9.17) is 4.42 Å². The standard InChI is InChI=1S/C20H15N3O2S/c1-13-5-2-6-14(11-13)19-22-23-20(25-19)15-7-3-8-16(12-15)21-18(24)17-9-4-10-26-17/h2-12H,1H3,(H,21,24). The first-order valence-electron chi connectivity index (χ1n) is 8.05. The minimum absolute atomic E-state index is 0.136. The molecule has 4 rings (SSSR count). The molecule has 0 bridgehead atoms. The van der Waals surface area contributed by atoms with Crippen LogP contribution < -0.4 is 5.32 Å². The van der Waals surface area contributed by atoms with E-state index < -0.39 is 0 Å². The van der Waals surface area contributed by atoms with Gasteiger partial charge in [0, 0.05) is 16.8 Å². The predicted octanol–water partition coefficient (Wildman–Crippen LogP) is 5.03. The van der Waals surface area contributed by atoms with Crippen LogP contribution in [0.1, 0.15) is 15.2 Å². The zero-order chi connectivity index (χ0) is 17.9. The summed E-state index contributed by atoms with van der Waals surface area (Å²) in [5.41, 5.74) is 3.43. The molecule has 0 saturated heterocycles. The number of carbonyl (C=O) groups is 1. The van der Waals surface area contributed by atoms with E-state index in [-0.39, 0.29) is 5.91 Å². The van der Waals surface area contributed by atoms with Gasteiger partial charge in [-0.05, 0) is 48.7 Å². The van der Waals surface area contributed by atoms with Gasteiger partial charge >= 0.3 is 0 Å². The Balaban J connectivity index is 1.58. The first kappa shape index (κ1) is 16.2. The van der Waals surface area contributed by atoms with Gasteiger partial charge in [0.1, 0.15) is 0 Å². The number of aryl methyl sites for hydroxylation is 1. The Morgan fingerprint density at radius 3 is 2.38 bits per heavy atom. The van der Waals surface area contributed by atoms with Crippen molar-refractivity contribution in [1.82, 2.24) is 10.2 Å². The lowest BCUT2D eigenvalue weighted by atomic mass is 10.1. The Labute approximate surface area is 154 Å². The molecule has 1 N–H and O–H groups in total. The first-order valence-corrected chi connectivity index (χ1v) is 8.93. The number of hydrogen-bond acceptors (Lipinski definition) is 5. The summed E-state index contributed by atoms with van der Waals surface area (Å²) in [6.45, 7) is 2.01. The van der Waals surface area contributed by atoms with Crippen LogP contribution in [0.4, 0.5) is 5.69 Å². The molecule has 128 valence electrons. The maximum absolute atomic E-state index is 12.2. The molecular weight excluding hydrogens is 346 g/mol. The highest BCUT2D eigenvalue weighted by molar-refractivity contribution is 7.12. The summed E-state index contributed by atoms with van der Waals surface area (Å²) in [5, 5.41) is 13.0. The van der Waals surface area contributed by atoms with Crippen molar-refractivity contribution in [3.63, 3.8) is 0 Å². The molecule has 6 heteroatoms. The molecule has 2 heterocycles. The average Bonchev–Trinajstić information content (AvgIpc) is 3.34. The van der Waals surface area contributed by atoms with Crippen LogP contribution in [0.2, 0.25) is 0 Å². The van der Waals surface area contributed by atoms with Gasteiger partial charge in [0.2, 0.25) is 11.8 Å². The van der Waals surface area contributed by atoms with Crippen LogP contribution in [0.15, 0.2) is 70.5 Å². The normalized spacial score (nSPS) is 10.7. The van der Waals surface area contributed by atoms with Gasteiger partial charge in [-0.2, -0.15) is 0 Å². The van der Waals surface area contributed by atoms with Gasteiger partial charge in [-0.25, -0.2) is 0 Å². The number of amides is 1. The average molecular weight is 361 g/mol. The minimum Gasteiger partial charge on any atom is -0.416 e. The van der Waals surface area contributed by atoms with Crippen molar-refractivity contribution < 1.29 is 9.21 Å². The van der Waals surface area contributed by atoms with Crippen molar-refractivity contribution in [3.05, 3.63) is 76.5 Å². The summed E-state index contributed by atoms with van der Waals surface area (Å²) in [6.07, 6.45) is 0. The third kappa shape index (κ3) is 3.41. The molecule has 0 saturated carbocycles. The van der Waals surface area contributed by atoms with E-state index in [9.17, 15) is 4.79 Å². The van der Waals surface area contributed by atoms with Crippen LogP contribution >= 0.6 is 11.3 Å². The van der Waals surface area contributed by atoms with Crippen LogP contribution in [0.3, 0.4) is 0 Å². The maximum Gasteiger partial charge on any atom is 0.265 e. The number of hydrogen-bond donors (Lipinski definition) is 1. The number of nitrogens with zero attached hydrogens (tertiary/aromatic N) is 2. The molecule has 0 unspecified atom stereocenters. The first-order chi connectivity index (χ1) is 12.7. The minimum atomic E-state index is -0.136. The van der Waals surface area contributed by atoms with E-state index in [1.54, 1.807) is 6.07 Å². The molecular formula is C20H15N3O2S. The van der Waals surface area contributed by atoms with Gasteiger partial charge in [0.15, 0.2) is 0 Å². The summed E-state index contributed by atoms with van der Waals surface area (Å²) in [6, 6.07) is 18.9. The molecule has 1 amide bonds. The van der Waals surface area contributed by atoms with Gasteiger partial charge in [-0.3, -0.25) is 4.79 Å². The second kappa shape index (κ2) is 6.93. The third-order valence-corrected chi connectivity index (χ3v) is 4.67. The SMILES string of the molecule is Cc1cccc(-c2nnc(-c3cccc(NC(=O)c4cccs4)c3)o2)c1. The number of aromatic nitrogens is 2. The molecule has 26 heavy (non-hydrogen) atoms. The summed E-state index contributed by atoms with van der Waals surface area (Å²) in [7, 11) is 0. The smallest absolute Gasteiger partial charge is 0.265 e. The molecule has 0 radical (unpaired) electrons. The number of anilines is 1. The topological polar surface area (TPSA) is 68.0 Å². The largest absolute Gasteiger partial charge is 0.416 e. The number of thiophene rings is 1. The fourth-order valence-corrected chi connectivity index (χ4v) is 3.18. The highest BCUT2D eigenvalue weighted by Gasteiger charge is 2.12. The summed E-state index contributed by atoms with van der Waals surface area (Å²) in [5.74, 6) is 0.744. The number of rotatable bonds is 4. The molecule has 4 aromatic rings. The molecule has 0 aliphatic heterocycles. The number of benzene rings is 2. The predicted molar refractivity (Wildman–Crippen MR) is 102 cm³/mol. The van der Waals surface area contributed by atoms with Crippen molar-refractivity contribution in [1.29, 1.82) is 0 Å². The van der Waals surface area contributed by atoms with Gasteiger partial charge in [-0.15, -0.1) is 21.5 Å². The Morgan fingerprint density at radius 1 is 0.962 bits per heavy atom. The second-order valence-corrected chi connectivity index (χ2v) is 6.74. The molecule has 0 aliphatic rings. The molecule has 5 nitrogen and oxygen atoms in total. The van der Waals surface area contributed by atoms with Crippen molar-refractivity contribution in [2.45, 2.75) is 6.92 Å². The van der Waals surface area contributed by atoms with E-state index in [2.05, 4.69) is 15.5 Å². The lowest BCUT2D eigenvalue weighted by Crippen LogP contribution is -2.09. The molecule has 0 spiro atoms. The maximum atomic E-state index is 12.2. The Hall–Kier alpha value is -3.25. The Morgan fingerprint density at radius 2 is 1.69 bits per heavy atom. The van der Waals surface area contributed by atoms with Crippen LogP contribution in [0.5, 0.6) is 0 Å². The van der Waals surface area contributed by atoms with E-state index in [0.29, 0.717) is 22.3 Å². The van der Waals surface area contributed by atoms with Crippen molar-refractivity contribution >= 4 is 22.9 Å². The van der Waals surface area contributed by atoms with Gasteiger partial charge in [0.25, 0.3) is 5.91 Å². The third-order valence-electron chi connectivity index (χ3n) is 3.80. The lowest BCUT2D eigenvalue weighted by molar-refractivity contribution is 0.103. The van der Waals surface area contributed by atoms with Crippen molar-refractivity contribution in [2.24, 2.45) is 0 Å². The van der Waals surface area contributed by atoms with Gasteiger partial charge in [0.05, 0.1) is 4.88 Å². The molecule has 0 fully saturated rings. The quantitative estimate of drug-likeness (QED) is 0.554. The molecule has 2 aromatic carbocycles. The Kier molecular flexibility index (Phi) is 4.33.